The van der Waals surface area contributed by atoms with Gasteiger partial charge >= 0.3 is 0 Å². The monoisotopic (exact) mass is 865 g/mol. The fourth-order valence-corrected chi connectivity index (χ4v) is 11.3. The van der Waals surface area contributed by atoms with Gasteiger partial charge in [-0.15, -0.1) is 0 Å². The first kappa shape index (κ1) is 37.1. The van der Waals surface area contributed by atoms with Gasteiger partial charge in [-0.25, -0.2) is 0 Å². The Morgan fingerprint density at radius 2 is 0.721 bits per heavy atom. The van der Waals surface area contributed by atoms with Crippen molar-refractivity contribution in [3.63, 3.8) is 0 Å². The molecule has 68 heavy (non-hydrogen) atoms. The normalized spacial score (nSPS) is 12.1. The van der Waals surface area contributed by atoms with Gasteiger partial charge in [0.15, 0.2) is 5.65 Å². The second kappa shape index (κ2) is 14.2. The summed E-state index contributed by atoms with van der Waals surface area (Å²) in [7, 11) is 0. The summed E-state index contributed by atoms with van der Waals surface area (Å²) < 4.78 is 9.43. The van der Waals surface area contributed by atoms with Crippen molar-refractivity contribution in [2.75, 3.05) is 0 Å². The highest BCUT2D eigenvalue weighted by atomic mass is 15.2. The quantitative estimate of drug-likeness (QED) is 0.159. The third-order valence-corrected chi connectivity index (χ3v) is 14.3. The van der Waals surface area contributed by atoms with Crippen molar-refractivity contribution >= 4 is 93.0 Å². The van der Waals surface area contributed by atoms with E-state index in [2.05, 4.69) is 255 Å². The van der Waals surface area contributed by atoms with Crippen molar-refractivity contribution in [3.05, 3.63) is 237 Å². The molecule has 316 valence electrons. The molecule has 4 aromatic heterocycles. The highest BCUT2D eigenvalue weighted by Gasteiger charge is 2.24. The number of aromatic nitrogens is 5. The fraction of sp³-hybridized carbons (Fsp3) is 0. The molecule has 0 amide bonds. The van der Waals surface area contributed by atoms with E-state index in [0.717, 1.165) is 67.1 Å². The van der Waals surface area contributed by atoms with Gasteiger partial charge in [-0.05, 0) is 133 Å². The lowest BCUT2D eigenvalue weighted by atomic mass is 9.92. The van der Waals surface area contributed by atoms with Gasteiger partial charge in [-0.2, -0.15) is 4.98 Å². The van der Waals surface area contributed by atoms with E-state index in [4.69, 9.17) is 4.98 Å². The predicted molar refractivity (Wildman–Crippen MR) is 284 cm³/mol. The van der Waals surface area contributed by atoms with E-state index in [1.807, 2.05) is 0 Å². The SMILES string of the molecule is c1ccc(-n2c3ccccc3c3cc(-c4ccc5c(c4)n(-c4ccccc4)c4nc6c(c7ccccc7n6-c6cccc(-c7ccc8c9ccccc9c9ccccc9c8c7)c6)n54)ccc32)cc1. The summed E-state index contributed by atoms with van der Waals surface area (Å²) in [6, 6.07) is 86.1. The molecule has 4 heterocycles. The lowest BCUT2D eigenvalue weighted by molar-refractivity contribution is 1.09. The minimum Gasteiger partial charge on any atom is -0.309 e. The van der Waals surface area contributed by atoms with Crippen molar-refractivity contribution < 1.29 is 0 Å². The summed E-state index contributed by atoms with van der Waals surface area (Å²) in [6.07, 6.45) is 0. The number of hydrogen-bond acceptors (Lipinski definition) is 1. The average molecular weight is 866 g/mol. The van der Waals surface area contributed by atoms with Crippen LogP contribution in [0.1, 0.15) is 0 Å². The molecule has 0 N–H and O–H groups in total. The number of hydrogen-bond donors (Lipinski definition) is 0. The van der Waals surface area contributed by atoms with Gasteiger partial charge in [0, 0.05) is 33.2 Å². The Hall–Kier alpha value is -9.19. The van der Waals surface area contributed by atoms with Crippen LogP contribution in [0.2, 0.25) is 0 Å². The Balaban J connectivity index is 0.925. The Bertz CT molecular complexity index is 4510. The van der Waals surface area contributed by atoms with Crippen molar-refractivity contribution in [1.29, 1.82) is 0 Å². The molecular formula is C63H39N5. The van der Waals surface area contributed by atoms with E-state index in [-0.39, 0.29) is 0 Å². The summed E-state index contributed by atoms with van der Waals surface area (Å²) in [5.74, 6) is 0.874. The molecule has 0 fully saturated rings. The van der Waals surface area contributed by atoms with Gasteiger partial charge in [-0.3, -0.25) is 13.5 Å². The van der Waals surface area contributed by atoms with Gasteiger partial charge in [0.2, 0.25) is 5.78 Å². The summed E-state index contributed by atoms with van der Waals surface area (Å²) >= 11 is 0. The molecule has 15 aromatic rings. The summed E-state index contributed by atoms with van der Waals surface area (Å²) in [5, 5.41) is 11.3. The first-order chi connectivity index (χ1) is 33.7. The van der Waals surface area contributed by atoms with Crippen LogP contribution >= 0.6 is 0 Å². The maximum atomic E-state index is 5.64. The van der Waals surface area contributed by atoms with E-state index in [1.165, 1.54) is 65.3 Å². The second-order valence-corrected chi connectivity index (χ2v) is 18.0. The van der Waals surface area contributed by atoms with Crippen LogP contribution in [0.15, 0.2) is 237 Å². The van der Waals surface area contributed by atoms with E-state index < -0.39 is 0 Å². The Labute approximate surface area is 390 Å². The highest BCUT2D eigenvalue weighted by Crippen LogP contribution is 2.41. The maximum absolute atomic E-state index is 5.64. The second-order valence-electron chi connectivity index (χ2n) is 18.0. The van der Waals surface area contributed by atoms with Gasteiger partial charge in [0.1, 0.15) is 5.52 Å². The zero-order valence-corrected chi connectivity index (χ0v) is 36.8. The number of nitrogens with zero attached hydrogens (tertiary/aromatic N) is 5. The van der Waals surface area contributed by atoms with Crippen LogP contribution in [-0.4, -0.2) is 23.1 Å². The molecule has 0 saturated heterocycles. The van der Waals surface area contributed by atoms with Crippen LogP contribution < -0.4 is 0 Å². The van der Waals surface area contributed by atoms with Crippen molar-refractivity contribution in [1.82, 2.24) is 23.1 Å². The van der Waals surface area contributed by atoms with Crippen LogP contribution in [0, 0.1) is 0 Å². The summed E-state index contributed by atoms with van der Waals surface area (Å²) in [5.41, 5.74) is 15.7. The molecule has 0 aliphatic heterocycles. The average Bonchev–Trinajstić information content (AvgIpc) is 4.13. The molecule has 0 aliphatic carbocycles. The van der Waals surface area contributed by atoms with Crippen LogP contribution in [0.3, 0.4) is 0 Å². The molecule has 0 saturated carbocycles. The molecule has 15 rings (SSSR count). The molecule has 0 bridgehead atoms. The molecule has 5 heteroatoms. The van der Waals surface area contributed by atoms with E-state index in [0.29, 0.717) is 0 Å². The van der Waals surface area contributed by atoms with Gasteiger partial charge < -0.3 is 4.57 Å². The molecule has 0 radical (unpaired) electrons. The van der Waals surface area contributed by atoms with Crippen LogP contribution in [0.25, 0.3) is 132 Å². The number of benzene rings is 11. The summed E-state index contributed by atoms with van der Waals surface area (Å²) in [6.45, 7) is 0. The third-order valence-electron chi connectivity index (χ3n) is 14.3. The van der Waals surface area contributed by atoms with Crippen LogP contribution in [-0.2, 0) is 0 Å². The zero-order chi connectivity index (χ0) is 44.5. The number of fused-ring (bicyclic) bond motifs is 16. The molecule has 0 aliphatic rings. The zero-order valence-electron chi connectivity index (χ0n) is 36.8. The lowest BCUT2D eigenvalue weighted by Gasteiger charge is -2.13. The van der Waals surface area contributed by atoms with Crippen molar-refractivity contribution in [2.45, 2.75) is 0 Å². The molecule has 11 aromatic carbocycles. The Morgan fingerprint density at radius 1 is 0.250 bits per heavy atom. The number of imidazole rings is 2. The van der Waals surface area contributed by atoms with Gasteiger partial charge in [0.05, 0.1) is 27.6 Å². The van der Waals surface area contributed by atoms with Crippen LogP contribution in [0.5, 0.6) is 0 Å². The molecule has 5 nitrogen and oxygen atoms in total. The third kappa shape index (κ3) is 5.24. The largest absolute Gasteiger partial charge is 0.309 e. The van der Waals surface area contributed by atoms with Gasteiger partial charge in [0.25, 0.3) is 0 Å². The highest BCUT2D eigenvalue weighted by molar-refractivity contribution is 6.26. The maximum Gasteiger partial charge on any atom is 0.222 e. The van der Waals surface area contributed by atoms with E-state index in [9.17, 15) is 0 Å². The number of para-hydroxylation sites is 4. The standard InChI is InChI=1S/C63H39N5/c1-3-17-44(18-4-1)65-56-28-13-11-26-52(56)55-38-42(31-34-58(55)65)43-32-35-59-60(39-43)67(45-19-5-2-6-20-45)63-64-62-61(68(59)63)53-27-12-14-29-57(53)66(62)46-21-15-16-40(36-46)41-30-33-51-49-24-8-7-22-47(49)48-23-9-10-25-50(48)54(51)37-41/h1-39H. The Kier molecular flexibility index (Phi) is 7.72. The topological polar surface area (TPSA) is 32.1 Å². The first-order valence-corrected chi connectivity index (χ1v) is 23.3. The van der Waals surface area contributed by atoms with Crippen molar-refractivity contribution in [3.8, 4) is 39.3 Å². The molecule has 0 spiro atoms. The Morgan fingerprint density at radius 3 is 1.41 bits per heavy atom. The smallest absolute Gasteiger partial charge is 0.222 e. The minimum atomic E-state index is 0.874. The van der Waals surface area contributed by atoms with Crippen molar-refractivity contribution in [2.24, 2.45) is 0 Å². The lowest BCUT2D eigenvalue weighted by Crippen LogP contribution is -1.97. The first-order valence-electron chi connectivity index (χ1n) is 23.3. The molecular weight excluding hydrogens is 827 g/mol. The van der Waals surface area contributed by atoms with Gasteiger partial charge in [-0.1, -0.05) is 158 Å². The van der Waals surface area contributed by atoms with E-state index >= 15 is 0 Å². The number of rotatable bonds is 5. The predicted octanol–water partition coefficient (Wildman–Crippen LogP) is 16.3. The molecule has 0 unspecified atom stereocenters. The minimum absolute atomic E-state index is 0.874. The summed E-state index contributed by atoms with van der Waals surface area (Å²) in [4.78, 5) is 5.64. The van der Waals surface area contributed by atoms with E-state index in [1.54, 1.807) is 0 Å². The molecule has 0 atom stereocenters. The fourth-order valence-electron chi connectivity index (χ4n) is 11.3. The van der Waals surface area contributed by atoms with Crippen LogP contribution in [0.4, 0.5) is 0 Å².